The molecule has 0 amide bonds. The second kappa shape index (κ2) is 6.37. The normalized spacial score (nSPS) is 10.9. The van der Waals surface area contributed by atoms with Crippen LogP contribution in [0.3, 0.4) is 0 Å². The first kappa shape index (κ1) is 13.7. The van der Waals surface area contributed by atoms with Crippen LogP contribution in [0.15, 0.2) is 12.1 Å². The smallest absolute Gasteiger partial charge is 0.167 e. The van der Waals surface area contributed by atoms with Crippen molar-refractivity contribution in [3.8, 4) is 5.75 Å². The van der Waals surface area contributed by atoms with E-state index in [4.69, 9.17) is 10.5 Å². The zero-order valence-corrected chi connectivity index (χ0v) is 9.68. The van der Waals surface area contributed by atoms with Crippen LogP contribution in [0.4, 0.5) is 18.9 Å². The lowest BCUT2D eigenvalue weighted by molar-refractivity contribution is 0.127. The van der Waals surface area contributed by atoms with Gasteiger partial charge in [0.05, 0.1) is 0 Å². The molecule has 0 aromatic heterocycles. The summed E-state index contributed by atoms with van der Waals surface area (Å²) in [4.78, 5) is 0. The third-order valence-electron chi connectivity index (χ3n) is 2.29. The first-order valence-electron chi connectivity index (χ1n) is 5.48. The molecule has 0 saturated heterocycles. The lowest BCUT2D eigenvalue weighted by Gasteiger charge is -2.17. The lowest BCUT2D eigenvalue weighted by atomic mass is 10.1. The second-order valence-electron chi connectivity index (χ2n) is 3.79. The molecule has 0 spiro atoms. The number of nitrogen functional groups attached to an aromatic ring is 1. The molecule has 1 aromatic carbocycles. The fraction of sp³-hybridized carbons (Fsp3) is 0.500. The predicted octanol–water partition coefficient (Wildman–Crippen LogP) is 3.05. The van der Waals surface area contributed by atoms with Gasteiger partial charge in [0, 0.05) is 11.8 Å². The van der Waals surface area contributed by atoms with Gasteiger partial charge in [-0.2, -0.15) is 0 Å². The van der Waals surface area contributed by atoms with Gasteiger partial charge in [-0.05, 0) is 18.1 Å². The van der Waals surface area contributed by atoms with Gasteiger partial charge in [0.25, 0.3) is 0 Å². The number of rotatable bonds is 6. The maximum atomic E-state index is 13.6. The number of ether oxygens (including phenoxy) is 1. The van der Waals surface area contributed by atoms with E-state index in [2.05, 4.69) is 0 Å². The summed E-state index contributed by atoms with van der Waals surface area (Å²) < 4.78 is 43.3. The van der Waals surface area contributed by atoms with E-state index < -0.39 is 25.3 Å². The molecule has 0 aliphatic carbocycles. The third-order valence-corrected chi connectivity index (χ3v) is 2.29. The number of hydrogen-bond acceptors (Lipinski definition) is 2. The van der Waals surface area contributed by atoms with Gasteiger partial charge in [-0.15, -0.1) is 0 Å². The van der Waals surface area contributed by atoms with E-state index in [9.17, 15) is 13.2 Å². The average Bonchev–Trinajstić information content (AvgIpc) is 2.29. The van der Waals surface area contributed by atoms with Crippen molar-refractivity contribution in [1.29, 1.82) is 0 Å². The molecule has 17 heavy (non-hydrogen) atoms. The monoisotopic (exact) mass is 247 g/mol. The summed E-state index contributed by atoms with van der Waals surface area (Å²) in [5.41, 5.74) is 6.32. The number of alkyl halides is 2. The van der Waals surface area contributed by atoms with Gasteiger partial charge in [0.1, 0.15) is 13.3 Å². The first-order valence-corrected chi connectivity index (χ1v) is 5.48. The van der Waals surface area contributed by atoms with E-state index >= 15 is 0 Å². The summed E-state index contributed by atoms with van der Waals surface area (Å²) >= 11 is 0. The zero-order valence-electron chi connectivity index (χ0n) is 9.68. The van der Waals surface area contributed by atoms with Crippen molar-refractivity contribution in [3.63, 3.8) is 0 Å². The van der Waals surface area contributed by atoms with Crippen molar-refractivity contribution >= 4 is 5.69 Å². The summed E-state index contributed by atoms with van der Waals surface area (Å²) in [6, 6.07) is 2.65. The highest BCUT2D eigenvalue weighted by Crippen LogP contribution is 2.28. The van der Waals surface area contributed by atoms with Crippen LogP contribution in [0.5, 0.6) is 5.75 Å². The van der Waals surface area contributed by atoms with Crippen LogP contribution >= 0.6 is 0 Å². The number of benzene rings is 1. The molecule has 2 N–H and O–H groups in total. The van der Waals surface area contributed by atoms with Gasteiger partial charge in [-0.1, -0.05) is 13.3 Å². The highest BCUT2D eigenvalue weighted by Gasteiger charge is 2.17. The maximum absolute atomic E-state index is 13.6. The molecule has 1 rings (SSSR count). The first-order chi connectivity index (χ1) is 8.12. The van der Waals surface area contributed by atoms with Crippen LogP contribution in [0.1, 0.15) is 18.9 Å². The zero-order chi connectivity index (χ0) is 12.8. The molecule has 0 radical (unpaired) electrons. The Balaban J connectivity index is 3.02. The van der Waals surface area contributed by atoms with E-state index in [1.54, 1.807) is 6.07 Å². The van der Waals surface area contributed by atoms with Crippen LogP contribution in [0.2, 0.25) is 0 Å². The quantitative estimate of drug-likeness (QED) is 0.784. The standard InChI is InChI=1S/C12H16F3NO/c1-2-3-8-4-9(16)5-11(15)12(8)17-10(6-13)7-14/h4-5,10H,2-3,6-7,16H2,1H3. The van der Waals surface area contributed by atoms with Gasteiger partial charge in [0.2, 0.25) is 0 Å². The molecule has 0 fully saturated rings. The molecular weight excluding hydrogens is 231 g/mol. The molecule has 0 saturated carbocycles. The summed E-state index contributed by atoms with van der Waals surface area (Å²) in [5, 5.41) is 0. The van der Waals surface area contributed by atoms with Gasteiger partial charge in [0.15, 0.2) is 17.7 Å². The molecule has 2 nitrogen and oxygen atoms in total. The largest absolute Gasteiger partial charge is 0.482 e. The molecule has 0 unspecified atom stereocenters. The van der Waals surface area contributed by atoms with Crippen LogP contribution in [0.25, 0.3) is 0 Å². The Morgan fingerprint density at radius 3 is 2.47 bits per heavy atom. The molecule has 1 aromatic rings. The van der Waals surface area contributed by atoms with Crippen LogP contribution < -0.4 is 10.5 Å². The SMILES string of the molecule is CCCc1cc(N)cc(F)c1OC(CF)CF. The minimum Gasteiger partial charge on any atom is -0.482 e. The van der Waals surface area contributed by atoms with Crippen LogP contribution in [-0.4, -0.2) is 19.5 Å². The van der Waals surface area contributed by atoms with Gasteiger partial charge in [-0.3, -0.25) is 0 Å². The van der Waals surface area contributed by atoms with Gasteiger partial charge < -0.3 is 10.5 Å². The van der Waals surface area contributed by atoms with E-state index in [0.717, 1.165) is 12.5 Å². The van der Waals surface area contributed by atoms with Crippen molar-refractivity contribution in [2.24, 2.45) is 0 Å². The fourth-order valence-electron chi connectivity index (χ4n) is 1.53. The number of anilines is 1. The Morgan fingerprint density at radius 2 is 1.94 bits per heavy atom. The predicted molar refractivity (Wildman–Crippen MR) is 61.2 cm³/mol. The van der Waals surface area contributed by atoms with E-state index in [-0.39, 0.29) is 11.4 Å². The third kappa shape index (κ3) is 3.54. The molecule has 0 bridgehead atoms. The maximum Gasteiger partial charge on any atom is 0.167 e. The number of hydrogen-bond donors (Lipinski definition) is 1. The minimum atomic E-state index is -1.26. The summed E-state index contributed by atoms with van der Waals surface area (Å²) in [5.74, 6) is -0.776. The van der Waals surface area contributed by atoms with Crippen molar-refractivity contribution in [2.75, 3.05) is 19.1 Å². The molecule has 96 valence electrons. The molecular formula is C12H16F3NO. The Labute approximate surface area is 98.6 Å². The Kier molecular flexibility index (Phi) is 5.12. The lowest BCUT2D eigenvalue weighted by Crippen LogP contribution is -2.22. The van der Waals surface area contributed by atoms with E-state index in [1.165, 1.54) is 0 Å². The second-order valence-corrected chi connectivity index (χ2v) is 3.79. The van der Waals surface area contributed by atoms with E-state index in [0.29, 0.717) is 12.0 Å². The Bertz CT molecular complexity index is 367. The highest BCUT2D eigenvalue weighted by atomic mass is 19.1. The van der Waals surface area contributed by atoms with Crippen molar-refractivity contribution in [1.82, 2.24) is 0 Å². The highest BCUT2D eigenvalue weighted by molar-refractivity contribution is 5.49. The van der Waals surface area contributed by atoms with Crippen LogP contribution in [-0.2, 0) is 6.42 Å². The molecule has 0 aliphatic rings. The summed E-state index contributed by atoms with van der Waals surface area (Å²) in [6.45, 7) is -0.0789. The molecule has 0 aliphatic heterocycles. The summed E-state index contributed by atoms with van der Waals surface area (Å²) in [6.07, 6.45) is 0.0429. The molecule has 0 heterocycles. The van der Waals surface area contributed by atoms with Gasteiger partial charge >= 0.3 is 0 Å². The average molecular weight is 247 g/mol. The number of nitrogens with two attached hydrogens (primary N) is 1. The Morgan fingerprint density at radius 1 is 1.29 bits per heavy atom. The van der Waals surface area contributed by atoms with E-state index in [1.807, 2.05) is 6.92 Å². The number of halogens is 3. The molecule has 5 heteroatoms. The Hall–Kier alpha value is -1.39. The number of aryl methyl sites for hydroxylation is 1. The topological polar surface area (TPSA) is 35.2 Å². The molecule has 0 atom stereocenters. The minimum absolute atomic E-state index is 0.0960. The van der Waals surface area contributed by atoms with Crippen molar-refractivity contribution in [2.45, 2.75) is 25.9 Å². The van der Waals surface area contributed by atoms with Crippen molar-refractivity contribution in [3.05, 3.63) is 23.5 Å². The van der Waals surface area contributed by atoms with Gasteiger partial charge in [-0.25, -0.2) is 13.2 Å². The van der Waals surface area contributed by atoms with Crippen LogP contribution in [0, 0.1) is 5.82 Å². The summed E-state index contributed by atoms with van der Waals surface area (Å²) in [7, 11) is 0. The fourth-order valence-corrected chi connectivity index (χ4v) is 1.53. The van der Waals surface area contributed by atoms with Crippen molar-refractivity contribution < 1.29 is 17.9 Å².